The van der Waals surface area contributed by atoms with Crippen LogP contribution in [0.2, 0.25) is 0 Å². The Morgan fingerprint density at radius 1 is 1.28 bits per heavy atom. The van der Waals surface area contributed by atoms with Crippen LogP contribution in [0.4, 0.5) is 0 Å². The van der Waals surface area contributed by atoms with E-state index in [0.29, 0.717) is 11.4 Å². The molecule has 1 aliphatic rings. The van der Waals surface area contributed by atoms with Gasteiger partial charge in [0.05, 0.1) is 5.56 Å². The monoisotopic (exact) mass is 339 g/mol. The molecule has 0 radical (unpaired) electrons. The van der Waals surface area contributed by atoms with E-state index < -0.39 is 5.91 Å². The Bertz CT molecular complexity index is 698. The van der Waals surface area contributed by atoms with Crippen LogP contribution >= 0.6 is 0 Å². The lowest BCUT2D eigenvalue weighted by molar-refractivity contribution is 0.1000. The molecular formula is C20H25N3O2. The molecule has 25 heavy (non-hydrogen) atoms. The number of carbonyl (C=O) groups is 1. The van der Waals surface area contributed by atoms with E-state index in [0.717, 1.165) is 24.6 Å². The van der Waals surface area contributed by atoms with Gasteiger partial charge in [0.25, 0.3) is 0 Å². The van der Waals surface area contributed by atoms with Crippen LogP contribution in [0.1, 0.15) is 35.7 Å². The lowest BCUT2D eigenvalue weighted by atomic mass is 10.00. The summed E-state index contributed by atoms with van der Waals surface area (Å²) in [6.45, 7) is 5.88. The Hall–Kier alpha value is -2.40. The van der Waals surface area contributed by atoms with Gasteiger partial charge in [0.2, 0.25) is 11.8 Å². The van der Waals surface area contributed by atoms with E-state index in [-0.39, 0.29) is 0 Å². The first-order valence-corrected chi connectivity index (χ1v) is 8.85. The summed E-state index contributed by atoms with van der Waals surface area (Å²) in [6.07, 6.45) is 5.15. The predicted molar refractivity (Wildman–Crippen MR) is 97.8 cm³/mol. The maximum absolute atomic E-state index is 11.0. The molecule has 1 aromatic heterocycles. The van der Waals surface area contributed by atoms with Crippen molar-refractivity contribution in [3.63, 3.8) is 0 Å². The Kier molecular flexibility index (Phi) is 5.66. The molecule has 1 aromatic carbocycles. The molecule has 0 aliphatic carbocycles. The molecule has 1 amide bonds. The molecule has 1 atom stereocenters. The van der Waals surface area contributed by atoms with E-state index in [1.165, 1.54) is 37.7 Å². The Morgan fingerprint density at radius 3 is 2.72 bits per heavy atom. The van der Waals surface area contributed by atoms with Crippen molar-refractivity contribution < 1.29 is 9.53 Å². The number of likely N-dealkylation sites (tertiary alicyclic amines) is 1. The van der Waals surface area contributed by atoms with Gasteiger partial charge in [-0.05, 0) is 55.5 Å². The molecule has 1 aliphatic heterocycles. The SMILES string of the molecule is CC1CCCN(CCc2ccc(Oc3ccc(C(N)=O)cn3)cc2)C1. The molecule has 1 unspecified atom stereocenters. The van der Waals surface area contributed by atoms with Crippen molar-refractivity contribution in [2.24, 2.45) is 11.7 Å². The average molecular weight is 339 g/mol. The van der Waals surface area contributed by atoms with Gasteiger partial charge in [0.1, 0.15) is 5.75 Å². The fraction of sp³-hybridized carbons (Fsp3) is 0.400. The van der Waals surface area contributed by atoms with Gasteiger partial charge in [-0.15, -0.1) is 0 Å². The van der Waals surface area contributed by atoms with Gasteiger partial charge in [0.15, 0.2) is 0 Å². The number of carbonyl (C=O) groups excluding carboxylic acids is 1. The molecule has 3 rings (SSSR count). The van der Waals surface area contributed by atoms with Gasteiger partial charge in [0, 0.05) is 25.4 Å². The second-order valence-electron chi connectivity index (χ2n) is 6.79. The van der Waals surface area contributed by atoms with Crippen molar-refractivity contribution in [3.05, 3.63) is 53.7 Å². The largest absolute Gasteiger partial charge is 0.439 e. The van der Waals surface area contributed by atoms with Gasteiger partial charge < -0.3 is 15.4 Å². The molecule has 5 heteroatoms. The number of nitrogens with zero attached hydrogens (tertiary/aromatic N) is 2. The number of hydrogen-bond acceptors (Lipinski definition) is 4. The van der Waals surface area contributed by atoms with Crippen molar-refractivity contribution in [3.8, 4) is 11.6 Å². The minimum atomic E-state index is -0.494. The van der Waals surface area contributed by atoms with Crippen molar-refractivity contribution in [1.29, 1.82) is 0 Å². The summed E-state index contributed by atoms with van der Waals surface area (Å²) in [6, 6.07) is 11.4. The van der Waals surface area contributed by atoms with E-state index in [1.807, 2.05) is 12.1 Å². The summed E-state index contributed by atoms with van der Waals surface area (Å²) in [5, 5.41) is 0. The fourth-order valence-corrected chi connectivity index (χ4v) is 3.21. The summed E-state index contributed by atoms with van der Waals surface area (Å²) in [7, 11) is 0. The number of rotatable bonds is 6. The van der Waals surface area contributed by atoms with Crippen LogP contribution in [0.15, 0.2) is 42.6 Å². The fourth-order valence-electron chi connectivity index (χ4n) is 3.21. The van der Waals surface area contributed by atoms with E-state index in [1.54, 1.807) is 12.1 Å². The average Bonchev–Trinajstić information content (AvgIpc) is 2.62. The third-order valence-corrected chi connectivity index (χ3v) is 4.62. The van der Waals surface area contributed by atoms with Gasteiger partial charge in [-0.2, -0.15) is 0 Å². The van der Waals surface area contributed by atoms with Gasteiger partial charge in [-0.1, -0.05) is 19.1 Å². The van der Waals surface area contributed by atoms with Crippen molar-refractivity contribution in [1.82, 2.24) is 9.88 Å². The van der Waals surface area contributed by atoms with Crippen LogP contribution < -0.4 is 10.5 Å². The van der Waals surface area contributed by atoms with Crippen LogP contribution in [-0.4, -0.2) is 35.4 Å². The molecule has 0 saturated carbocycles. The first kappa shape index (κ1) is 17.4. The first-order valence-electron chi connectivity index (χ1n) is 8.85. The molecule has 1 saturated heterocycles. The van der Waals surface area contributed by atoms with Gasteiger partial charge >= 0.3 is 0 Å². The lowest BCUT2D eigenvalue weighted by Gasteiger charge is -2.30. The standard InChI is InChI=1S/C20H25N3O2/c1-15-3-2-11-23(14-15)12-10-16-4-7-18(8-5-16)25-19-9-6-17(13-22-19)20(21)24/h4-9,13,15H,2-3,10-12,14H2,1H3,(H2,21,24). The van der Waals surface area contributed by atoms with E-state index in [2.05, 4.69) is 28.9 Å². The molecule has 2 N–H and O–H groups in total. The number of amides is 1. The zero-order chi connectivity index (χ0) is 17.6. The summed E-state index contributed by atoms with van der Waals surface area (Å²) in [5.41, 5.74) is 6.88. The number of benzene rings is 1. The maximum atomic E-state index is 11.0. The van der Waals surface area contributed by atoms with Gasteiger partial charge in [-0.3, -0.25) is 4.79 Å². The highest BCUT2D eigenvalue weighted by molar-refractivity contribution is 5.92. The molecular weight excluding hydrogens is 314 g/mol. The zero-order valence-corrected chi connectivity index (χ0v) is 14.6. The highest BCUT2D eigenvalue weighted by Gasteiger charge is 2.15. The van der Waals surface area contributed by atoms with Crippen LogP contribution in [0.3, 0.4) is 0 Å². The molecule has 5 nitrogen and oxygen atoms in total. The third kappa shape index (κ3) is 5.03. The summed E-state index contributed by atoms with van der Waals surface area (Å²) < 4.78 is 5.70. The number of primary amides is 1. The number of nitrogens with two attached hydrogens (primary N) is 1. The predicted octanol–water partition coefficient (Wildman–Crippen LogP) is 3.25. The Morgan fingerprint density at radius 2 is 2.08 bits per heavy atom. The topological polar surface area (TPSA) is 68.5 Å². The smallest absolute Gasteiger partial charge is 0.250 e. The van der Waals surface area contributed by atoms with Crippen LogP contribution in [0, 0.1) is 5.92 Å². The second-order valence-corrected chi connectivity index (χ2v) is 6.79. The molecule has 0 spiro atoms. The summed E-state index contributed by atoms with van der Waals surface area (Å²) in [4.78, 5) is 17.7. The normalized spacial score (nSPS) is 18.0. The van der Waals surface area contributed by atoms with E-state index >= 15 is 0 Å². The number of hydrogen-bond donors (Lipinski definition) is 1. The second kappa shape index (κ2) is 8.12. The number of piperidine rings is 1. The minimum absolute atomic E-state index is 0.370. The van der Waals surface area contributed by atoms with Crippen molar-refractivity contribution >= 4 is 5.91 Å². The van der Waals surface area contributed by atoms with E-state index in [9.17, 15) is 4.79 Å². The molecule has 2 heterocycles. The van der Waals surface area contributed by atoms with Crippen molar-refractivity contribution in [2.45, 2.75) is 26.2 Å². The third-order valence-electron chi connectivity index (χ3n) is 4.62. The Labute approximate surface area is 148 Å². The maximum Gasteiger partial charge on any atom is 0.250 e. The Balaban J connectivity index is 1.52. The minimum Gasteiger partial charge on any atom is -0.439 e. The highest BCUT2D eigenvalue weighted by Crippen LogP contribution is 2.21. The van der Waals surface area contributed by atoms with Crippen LogP contribution in [-0.2, 0) is 6.42 Å². The summed E-state index contributed by atoms with van der Waals surface area (Å²) in [5.74, 6) is 1.50. The number of ether oxygens (including phenoxy) is 1. The van der Waals surface area contributed by atoms with Gasteiger partial charge in [-0.25, -0.2) is 4.98 Å². The highest BCUT2D eigenvalue weighted by atomic mass is 16.5. The van der Waals surface area contributed by atoms with E-state index in [4.69, 9.17) is 10.5 Å². The lowest BCUT2D eigenvalue weighted by Crippen LogP contribution is -2.35. The first-order chi connectivity index (χ1) is 12.1. The van der Waals surface area contributed by atoms with Crippen LogP contribution in [0.25, 0.3) is 0 Å². The molecule has 1 fully saturated rings. The molecule has 2 aromatic rings. The number of pyridine rings is 1. The molecule has 0 bridgehead atoms. The number of aromatic nitrogens is 1. The quantitative estimate of drug-likeness (QED) is 0.877. The zero-order valence-electron chi connectivity index (χ0n) is 14.6. The van der Waals surface area contributed by atoms with Crippen molar-refractivity contribution in [2.75, 3.05) is 19.6 Å². The summed E-state index contributed by atoms with van der Waals surface area (Å²) >= 11 is 0. The molecule has 132 valence electrons. The van der Waals surface area contributed by atoms with Crippen LogP contribution in [0.5, 0.6) is 11.6 Å².